The van der Waals surface area contributed by atoms with Crippen molar-refractivity contribution in [2.75, 3.05) is 0 Å². The maximum atomic E-state index is 11.5. The van der Waals surface area contributed by atoms with Crippen LogP contribution in [0.2, 0.25) is 0 Å². The third-order valence-corrected chi connectivity index (χ3v) is 2.93. The first kappa shape index (κ1) is 17.6. The van der Waals surface area contributed by atoms with Crippen LogP contribution in [-0.4, -0.2) is 29.3 Å². The molecule has 0 spiro atoms. The molecule has 0 aromatic carbocycles. The molecule has 109 valence electrons. The van der Waals surface area contributed by atoms with Crippen molar-refractivity contribution in [2.45, 2.75) is 70.8 Å². The lowest BCUT2D eigenvalue weighted by Gasteiger charge is -2.12. The first-order valence-electron chi connectivity index (χ1n) is 6.99. The van der Waals surface area contributed by atoms with Gasteiger partial charge in [0.15, 0.2) is 6.29 Å². The summed E-state index contributed by atoms with van der Waals surface area (Å²) < 4.78 is 0. The minimum atomic E-state index is -1.11. The highest BCUT2D eigenvalue weighted by molar-refractivity contribution is 5.83. The number of hydrogen-bond donors (Lipinski definition) is 2. The van der Waals surface area contributed by atoms with Gasteiger partial charge >= 0.3 is 5.97 Å². The Hall–Kier alpha value is -1.39. The summed E-state index contributed by atoms with van der Waals surface area (Å²) in [5.41, 5.74) is 0. The Morgan fingerprint density at radius 3 is 2.37 bits per heavy atom. The average molecular weight is 270 g/mol. The molecular formula is C14H24NO4. The van der Waals surface area contributed by atoms with Crippen molar-refractivity contribution in [3.05, 3.63) is 0 Å². The molecule has 0 aromatic heterocycles. The van der Waals surface area contributed by atoms with Crippen molar-refractivity contribution < 1.29 is 19.5 Å². The number of carboxylic acids is 1. The molecule has 0 saturated heterocycles. The molecule has 0 aliphatic rings. The van der Waals surface area contributed by atoms with Crippen LogP contribution in [0.5, 0.6) is 0 Å². The van der Waals surface area contributed by atoms with Crippen LogP contribution >= 0.6 is 0 Å². The number of aliphatic carboxylic acids is 1. The third-order valence-electron chi connectivity index (χ3n) is 2.93. The standard InChI is InChI=1S/C14H24NO4/c1-2-3-4-5-6-7-10-13(17)15-12(14(18)19)9-8-11-16/h12H,2-10H2,1H3,(H,15,17)(H,18,19)/t12-/m0/s1. The molecule has 1 radical (unpaired) electrons. The summed E-state index contributed by atoms with van der Waals surface area (Å²) in [5, 5.41) is 11.3. The largest absolute Gasteiger partial charge is 0.480 e. The molecule has 5 nitrogen and oxygen atoms in total. The molecule has 1 atom stereocenters. The molecular weight excluding hydrogens is 246 g/mol. The monoisotopic (exact) mass is 270 g/mol. The molecule has 1 amide bonds. The minimum absolute atomic E-state index is 0.0221. The molecule has 19 heavy (non-hydrogen) atoms. The fourth-order valence-electron chi connectivity index (χ4n) is 1.79. The van der Waals surface area contributed by atoms with Gasteiger partial charge in [0.2, 0.25) is 5.91 Å². The second-order valence-electron chi connectivity index (χ2n) is 4.66. The number of rotatable bonds is 12. The van der Waals surface area contributed by atoms with Gasteiger partial charge in [-0.05, 0) is 12.8 Å². The first-order valence-corrected chi connectivity index (χ1v) is 6.99. The zero-order valence-electron chi connectivity index (χ0n) is 11.6. The van der Waals surface area contributed by atoms with Crippen molar-refractivity contribution in [1.29, 1.82) is 0 Å². The Morgan fingerprint density at radius 2 is 1.79 bits per heavy atom. The predicted octanol–water partition coefficient (Wildman–Crippen LogP) is 2.20. The Bertz CT molecular complexity index is 279. The van der Waals surface area contributed by atoms with Gasteiger partial charge in [0, 0.05) is 12.8 Å². The van der Waals surface area contributed by atoms with E-state index >= 15 is 0 Å². The van der Waals surface area contributed by atoms with Gasteiger partial charge in [-0.1, -0.05) is 39.0 Å². The highest BCUT2D eigenvalue weighted by atomic mass is 16.4. The maximum absolute atomic E-state index is 11.5. The van der Waals surface area contributed by atoms with E-state index in [0.29, 0.717) is 6.42 Å². The molecule has 2 N–H and O–H groups in total. The van der Waals surface area contributed by atoms with Crippen LogP contribution in [0.3, 0.4) is 0 Å². The number of hydrogen-bond acceptors (Lipinski definition) is 3. The van der Waals surface area contributed by atoms with Crippen LogP contribution in [-0.2, 0) is 14.4 Å². The summed E-state index contributed by atoms with van der Waals surface area (Å²) in [4.78, 5) is 32.5. The van der Waals surface area contributed by atoms with E-state index in [1.165, 1.54) is 19.3 Å². The average Bonchev–Trinajstić information content (AvgIpc) is 2.38. The molecule has 0 saturated carbocycles. The molecule has 5 heteroatoms. The van der Waals surface area contributed by atoms with Crippen LogP contribution in [0.25, 0.3) is 0 Å². The normalized spacial score (nSPS) is 11.8. The number of amides is 1. The molecule has 0 aromatic rings. The van der Waals surface area contributed by atoms with Crippen LogP contribution in [0.15, 0.2) is 0 Å². The van der Waals surface area contributed by atoms with Gasteiger partial charge in [0.05, 0.1) is 0 Å². The lowest BCUT2D eigenvalue weighted by Crippen LogP contribution is -2.40. The molecule has 0 bridgehead atoms. The van der Waals surface area contributed by atoms with E-state index in [4.69, 9.17) is 5.11 Å². The van der Waals surface area contributed by atoms with E-state index in [2.05, 4.69) is 12.2 Å². The third kappa shape index (κ3) is 10.2. The maximum Gasteiger partial charge on any atom is 0.326 e. The second kappa shape index (κ2) is 11.7. The van der Waals surface area contributed by atoms with E-state index in [9.17, 15) is 14.4 Å². The summed E-state index contributed by atoms with van der Waals surface area (Å²) in [7, 11) is 0. The first-order chi connectivity index (χ1) is 9.11. The van der Waals surface area contributed by atoms with Gasteiger partial charge in [-0.3, -0.25) is 9.59 Å². The lowest BCUT2D eigenvalue weighted by molar-refractivity contribution is -0.142. The summed E-state index contributed by atoms with van der Waals surface area (Å²) in [6.07, 6.45) is 8.58. The summed E-state index contributed by atoms with van der Waals surface area (Å²) >= 11 is 0. The van der Waals surface area contributed by atoms with Gasteiger partial charge in [0.25, 0.3) is 0 Å². The molecule has 0 rings (SSSR count). The highest BCUT2D eigenvalue weighted by Gasteiger charge is 2.18. The van der Waals surface area contributed by atoms with Crippen molar-refractivity contribution in [1.82, 2.24) is 5.32 Å². The minimum Gasteiger partial charge on any atom is -0.480 e. The van der Waals surface area contributed by atoms with Crippen molar-refractivity contribution in [3.63, 3.8) is 0 Å². The number of nitrogens with one attached hydrogen (secondary N) is 1. The van der Waals surface area contributed by atoms with E-state index in [1.807, 2.05) is 0 Å². The summed E-state index contributed by atoms with van der Waals surface area (Å²) in [6.45, 7) is 2.15. The molecule has 0 aliphatic heterocycles. The smallest absolute Gasteiger partial charge is 0.326 e. The van der Waals surface area contributed by atoms with E-state index in [0.717, 1.165) is 19.3 Å². The molecule has 0 fully saturated rings. The number of carbonyl (C=O) groups excluding carboxylic acids is 2. The lowest BCUT2D eigenvalue weighted by atomic mass is 10.1. The second-order valence-corrected chi connectivity index (χ2v) is 4.66. The van der Waals surface area contributed by atoms with Crippen LogP contribution in [0.4, 0.5) is 0 Å². The fraction of sp³-hybridized carbons (Fsp3) is 0.786. The SMILES string of the molecule is CCCCCCCCC(=O)N[C@@H](CC[C]=O)C(=O)O. The topological polar surface area (TPSA) is 83.5 Å². The van der Waals surface area contributed by atoms with Gasteiger partial charge < -0.3 is 10.4 Å². The Balaban J connectivity index is 3.74. The number of carboxylic acid groups (broad SMARTS) is 1. The molecule has 0 unspecified atom stereocenters. The van der Waals surface area contributed by atoms with Gasteiger partial charge in [-0.2, -0.15) is 0 Å². The molecule has 0 aliphatic carbocycles. The highest BCUT2D eigenvalue weighted by Crippen LogP contribution is 2.07. The number of unbranched alkanes of at least 4 members (excludes halogenated alkanes) is 5. The predicted molar refractivity (Wildman–Crippen MR) is 72.5 cm³/mol. The van der Waals surface area contributed by atoms with Crippen LogP contribution < -0.4 is 5.32 Å². The zero-order valence-corrected chi connectivity index (χ0v) is 11.6. The fourth-order valence-corrected chi connectivity index (χ4v) is 1.79. The van der Waals surface area contributed by atoms with Gasteiger partial charge in [-0.25, -0.2) is 4.79 Å². The quantitative estimate of drug-likeness (QED) is 0.532. The molecule has 0 heterocycles. The summed E-state index contributed by atoms with van der Waals surface area (Å²) in [6, 6.07) is -0.978. The van der Waals surface area contributed by atoms with Crippen LogP contribution in [0.1, 0.15) is 64.7 Å². The van der Waals surface area contributed by atoms with Crippen molar-refractivity contribution >= 4 is 18.2 Å². The van der Waals surface area contributed by atoms with Gasteiger partial charge in [0.1, 0.15) is 6.04 Å². The van der Waals surface area contributed by atoms with Gasteiger partial charge in [-0.15, -0.1) is 0 Å². The zero-order chi connectivity index (χ0) is 14.5. The van der Waals surface area contributed by atoms with Crippen molar-refractivity contribution in [2.24, 2.45) is 0 Å². The van der Waals surface area contributed by atoms with E-state index in [1.54, 1.807) is 6.29 Å². The van der Waals surface area contributed by atoms with Crippen LogP contribution in [0, 0.1) is 0 Å². The Kier molecular flexibility index (Phi) is 10.8. The summed E-state index contributed by atoms with van der Waals surface area (Å²) in [5.74, 6) is -1.36. The number of carbonyl (C=O) groups is 2. The van der Waals surface area contributed by atoms with E-state index in [-0.39, 0.29) is 18.7 Å². The van der Waals surface area contributed by atoms with Crippen molar-refractivity contribution in [3.8, 4) is 0 Å². The Labute approximate surface area is 114 Å². The van der Waals surface area contributed by atoms with E-state index < -0.39 is 12.0 Å². The Morgan fingerprint density at radius 1 is 1.16 bits per heavy atom.